The summed E-state index contributed by atoms with van der Waals surface area (Å²) in [7, 11) is 2.08. The minimum absolute atomic E-state index is 0.0641. The fourth-order valence-corrected chi connectivity index (χ4v) is 3.54. The maximum absolute atomic E-state index is 12.8. The molecule has 1 atom stereocenters. The predicted molar refractivity (Wildman–Crippen MR) is 136 cm³/mol. The number of halogens is 1. The Morgan fingerprint density at radius 3 is 2.72 bits per heavy atom. The third-order valence-electron chi connectivity index (χ3n) is 5.79. The van der Waals surface area contributed by atoms with Crippen LogP contribution < -0.4 is 15.8 Å². The van der Waals surface area contributed by atoms with Crippen molar-refractivity contribution in [1.29, 1.82) is 5.41 Å². The van der Waals surface area contributed by atoms with Gasteiger partial charge in [0.2, 0.25) is 0 Å². The summed E-state index contributed by atoms with van der Waals surface area (Å²) in [4.78, 5) is 6.34. The Balaban J connectivity index is 1.80. The third-order valence-corrected chi connectivity index (χ3v) is 5.79. The summed E-state index contributed by atoms with van der Waals surface area (Å²) < 4.78 is 18.2. The second kappa shape index (κ2) is 11.5. The lowest BCUT2D eigenvalue weighted by Gasteiger charge is -2.29. The van der Waals surface area contributed by atoms with Crippen LogP contribution in [-0.4, -0.2) is 69.9 Å². The summed E-state index contributed by atoms with van der Waals surface area (Å²) in [5.74, 6) is 2.02. The van der Waals surface area contributed by atoms with Gasteiger partial charge >= 0.3 is 5.97 Å². The van der Waals surface area contributed by atoms with Crippen LogP contribution in [0.5, 0.6) is 5.75 Å². The number of pyridine rings is 1. The number of anilines is 1. The molecule has 1 unspecified atom stereocenters. The van der Waals surface area contributed by atoms with Crippen LogP contribution in [-0.2, 0) is 5.97 Å². The van der Waals surface area contributed by atoms with Gasteiger partial charge in [0.05, 0.1) is 5.56 Å². The Bertz CT molecular complexity index is 1160. The van der Waals surface area contributed by atoms with Crippen LogP contribution in [0.2, 0.25) is 0 Å². The van der Waals surface area contributed by atoms with Crippen molar-refractivity contribution in [3.63, 3.8) is 0 Å². The molecule has 0 saturated carbocycles. The van der Waals surface area contributed by atoms with Gasteiger partial charge in [-0.05, 0) is 64.2 Å². The lowest BCUT2D eigenvalue weighted by atomic mass is 10.1. The molecule has 0 aliphatic carbocycles. The number of hydrogen-bond donors (Lipinski definition) is 6. The Kier molecular flexibility index (Phi) is 8.66. The molecule has 1 aliphatic rings. The van der Waals surface area contributed by atoms with Crippen LogP contribution >= 0.6 is 0 Å². The molecule has 2 heterocycles. The smallest absolute Gasteiger partial charge is 0.351 e. The number of rotatable bonds is 8. The van der Waals surface area contributed by atoms with E-state index in [2.05, 4.69) is 34.1 Å². The van der Waals surface area contributed by atoms with E-state index in [0.717, 1.165) is 25.9 Å². The Morgan fingerprint density at radius 2 is 2.06 bits per heavy atom. The molecule has 1 aromatic heterocycles. The second-order valence-corrected chi connectivity index (χ2v) is 9.04. The first-order valence-corrected chi connectivity index (χ1v) is 11.5. The van der Waals surface area contributed by atoms with Gasteiger partial charge in [-0.15, -0.1) is 0 Å². The Labute approximate surface area is 209 Å². The molecular weight excluding hydrogens is 465 g/mol. The number of benzene rings is 1. The van der Waals surface area contributed by atoms with Gasteiger partial charge in [0.15, 0.2) is 17.2 Å². The quantitative estimate of drug-likeness (QED) is 0.183. The monoisotopic (exact) mass is 497 g/mol. The highest BCUT2D eigenvalue weighted by Gasteiger charge is 2.30. The highest BCUT2D eigenvalue weighted by molar-refractivity contribution is 6.08. The topological polar surface area (TPSA) is 148 Å². The first-order chi connectivity index (χ1) is 17.0. The van der Waals surface area contributed by atoms with Crippen LogP contribution in [0.25, 0.3) is 5.57 Å². The van der Waals surface area contributed by atoms with Crippen molar-refractivity contribution in [2.24, 2.45) is 0 Å². The summed E-state index contributed by atoms with van der Waals surface area (Å²) in [5.41, 5.74) is 5.37. The van der Waals surface area contributed by atoms with E-state index in [1.54, 1.807) is 12.3 Å². The summed E-state index contributed by atoms with van der Waals surface area (Å²) >= 11 is 0. The average Bonchev–Trinajstić information content (AvgIpc) is 2.86. The SMILES string of the molecule is CN1CCC(N/C=C(\C=N)c2cnc(N)c(OC(O)(O)c3cccc(C#CC(C)(O)CF)c3)c2)CC1. The fraction of sp³-hybridized carbons (Fsp3) is 0.385. The predicted octanol–water partition coefficient (Wildman–Crippen LogP) is 1.58. The van der Waals surface area contributed by atoms with Gasteiger partial charge in [-0.25, -0.2) is 9.37 Å². The number of aromatic nitrogens is 1. The van der Waals surface area contributed by atoms with E-state index in [1.807, 2.05) is 0 Å². The number of likely N-dealkylation sites (tertiary alicyclic amines) is 1. The van der Waals surface area contributed by atoms with E-state index in [1.165, 1.54) is 43.6 Å². The van der Waals surface area contributed by atoms with Gasteiger partial charge < -0.3 is 41.4 Å². The number of nitrogens with two attached hydrogens (primary N) is 1. The zero-order valence-corrected chi connectivity index (χ0v) is 20.3. The van der Waals surface area contributed by atoms with Crippen LogP contribution in [0.15, 0.2) is 42.7 Å². The number of alkyl halides is 1. The molecule has 1 aromatic carbocycles. The molecule has 1 saturated heterocycles. The second-order valence-electron chi connectivity index (χ2n) is 9.04. The van der Waals surface area contributed by atoms with Gasteiger partial charge in [0.25, 0.3) is 0 Å². The molecule has 10 heteroatoms. The Morgan fingerprint density at radius 1 is 1.33 bits per heavy atom. The zero-order chi connectivity index (χ0) is 26.3. The van der Waals surface area contributed by atoms with Crippen molar-refractivity contribution in [1.82, 2.24) is 15.2 Å². The van der Waals surface area contributed by atoms with Crippen molar-refractivity contribution < 1.29 is 24.4 Å². The lowest BCUT2D eigenvalue weighted by molar-refractivity contribution is -0.303. The van der Waals surface area contributed by atoms with E-state index in [0.29, 0.717) is 22.7 Å². The number of aliphatic hydroxyl groups is 3. The number of nitrogens with one attached hydrogen (secondary N) is 2. The van der Waals surface area contributed by atoms with Crippen molar-refractivity contribution in [2.75, 3.05) is 32.5 Å². The van der Waals surface area contributed by atoms with E-state index >= 15 is 0 Å². The van der Waals surface area contributed by atoms with Gasteiger partial charge in [-0.3, -0.25) is 0 Å². The van der Waals surface area contributed by atoms with Crippen molar-refractivity contribution in [3.05, 3.63) is 59.4 Å². The third kappa shape index (κ3) is 7.26. The van der Waals surface area contributed by atoms with E-state index < -0.39 is 18.2 Å². The van der Waals surface area contributed by atoms with Gasteiger partial charge in [0, 0.05) is 41.4 Å². The molecule has 7 N–H and O–H groups in total. The maximum atomic E-state index is 12.8. The summed E-state index contributed by atoms with van der Waals surface area (Å²) in [5, 5.41) is 42.2. The van der Waals surface area contributed by atoms with Crippen LogP contribution in [0.4, 0.5) is 10.2 Å². The maximum Gasteiger partial charge on any atom is 0.351 e. The highest BCUT2D eigenvalue weighted by Crippen LogP contribution is 2.30. The molecule has 0 radical (unpaired) electrons. The molecule has 0 amide bonds. The number of nitrogen functional groups attached to an aromatic ring is 1. The van der Waals surface area contributed by atoms with Crippen LogP contribution in [0, 0.1) is 17.3 Å². The molecule has 1 fully saturated rings. The largest absolute Gasteiger partial charge is 0.432 e. The number of hydrogen-bond acceptors (Lipinski definition) is 9. The average molecular weight is 498 g/mol. The van der Waals surface area contributed by atoms with Gasteiger partial charge in [0.1, 0.15) is 6.67 Å². The van der Waals surface area contributed by atoms with Gasteiger partial charge in [-0.1, -0.05) is 17.9 Å². The summed E-state index contributed by atoms with van der Waals surface area (Å²) in [6.45, 7) is 2.17. The number of ether oxygens (including phenoxy) is 1. The van der Waals surface area contributed by atoms with E-state index in [9.17, 15) is 19.7 Å². The highest BCUT2D eigenvalue weighted by atomic mass is 19.1. The van der Waals surface area contributed by atoms with E-state index in [4.69, 9.17) is 15.9 Å². The fourth-order valence-electron chi connectivity index (χ4n) is 3.54. The molecule has 1 aliphatic heterocycles. The molecule has 3 rings (SSSR count). The molecular formula is C26H32FN5O4. The summed E-state index contributed by atoms with van der Waals surface area (Å²) in [6, 6.07) is 7.58. The Hall–Kier alpha value is -3.49. The normalized spacial score (nSPS) is 17.0. The van der Waals surface area contributed by atoms with Crippen LogP contribution in [0.3, 0.4) is 0 Å². The lowest BCUT2D eigenvalue weighted by Crippen LogP contribution is -2.38. The minimum Gasteiger partial charge on any atom is -0.432 e. The van der Waals surface area contributed by atoms with Crippen molar-refractivity contribution in [2.45, 2.75) is 37.4 Å². The molecule has 9 nitrogen and oxygen atoms in total. The van der Waals surface area contributed by atoms with Gasteiger partial charge in [-0.2, -0.15) is 0 Å². The molecule has 36 heavy (non-hydrogen) atoms. The number of piperidine rings is 1. The first kappa shape index (κ1) is 27.1. The number of nitrogens with zero attached hydrogens (tertiary/aromatic N) is 2. The van der Waals surface area contributed by atoms with E-state index in [-0.39, 0.29) is 17.1 Å². The zero-order valence-electron chi connectivity index (χ0n) is 20.3. The standard InChI is InChI=1S/C26H32FN5O4/c1-25(33,17-27)9-6-18-4-3-5-21(12-18)26(34,35)36-23-13-19(15-31-24(23)29)20(14-28)16-30-22-7-10-32(2)11-8-22/h3-5,12-16,22,28,30,33-35H,7-8,10-11,17H2,1-2H3,(H2,29,31)/b20-16+,28-14?. The number of allylic oxidation sites excluding steroid dienone is 1. The summed E-state index contributed by atoms with van der Waals surface area (Å²) in [6.07, 6.45) is 6.34. The molecule has 2 aromatic rings. The minimum atomic E-state index is -2.80. The molecule has 0 bridgehead atoms. The molecule has 192 valence electrons. The molecule has 0 spiro atoms. The first-order valence-electron chi connectivity index (χ1n) is 11.5. The van der Waals surface area contributed by atoms with Crippen molar-refractivity contribution in [3.8, 4) is 17.6 Å². The van der Waals surface area contributed by atoms with Crippen LogP contribution in [0.1, 0.15) is 36.5 Å². The van der Waals surface area contributed by atoms with Crippen molar-refractivity contribution >= 4 is 17.6 Å².